The van der Waals surface area contributed by atoms with E-state index in [-0.39, 0.29) is 0 Å². The molecule has 5 heteroatoms. The van der Waals surface area contributed by atoms with Gasteiger partial charge >= 0.3 is 11.4 Å². The quantitative estimate of drug-likeness (QED) is 0.600. The number of aromatic amines is 1. The summed E-state index contributed by atoms with van der Waals surface area (Å²) in [4.78, 5) is 27.9. The van der Waals surface area contributed by atoms with Crippen LogP contribution in [0.5, 0.6) is 0 Å². The highest BCUT2D eigenvalue weighted by Gasteiger charge is 1.99. The molecule has 1 N–H and O–H groups in total. The zero-order chi connectivity index (χ0) is 9.42. The fraction of sp³-hybridized carbons (Fsp3) is 0.125. The second-order valence-electron chi connectivity index (χ2n) is 2.71. The van der Waals surface area contributed by atoms with E-state index in [1.54, 1.807) is 25.1 Å². The van der Waals surface area contributed by atoms with Crippen molar-refractivity contribution in [3.05, 3.63) is 44.9 Å². The van der Waals surface area contributed by atoms with E-state index in [9.17, 15) is 9.59 Å². The summed E-state index contributed by atoms with van der Waals surface area (Å²) in [5.41, 5.74) is 0.0451. The van der Waals surface area contributed by atoms with E-state index in [1.165, 1.54) is 4.40 Å². The van der Waals surface area contributed by atoms with Gasteiger partial charge in [-0.3, -0.25) is 9.38 Å². The lowest BCUT2D eigenvalue weighted by atomic mass is 10.4. The van der Waals surface area contributed by atoms with Crippen molar-refractivity contribution in [3.63, 3.8) is 0 Å². The lowest BCUT2D eigenvalue weighted by Crippen LogP contribution is -2.29. The number of nitrogens with zero attached hydrogens (tertiary/aromatic N) is 2. The second-order valence-corrected chi connectivity index (χ2v) is 2.71. The fourth-order valence-electron chi connectivity index (χ4n) is 1.23. The van der Waals surface area contributed by atoms with Crippen LogP contribution in [0.3, 0.4) is 0 Å². The first-order valence-electron chi connectivity index (χ1n) is 3.77. The van der Waals surface area contributed by atoms with Crippen molar-refractivity contribution in [1.82, 2.24) is 14.4 Å². The highest BCUT2D eigenvalue weighted by atomic mass is 16.2. The summed E-state index contributed by atoms with van der Waals surface area (Å²) in [6.07, 6.45) is 0. The van der Waals surface area contributed by atoms with Crippen molar-refractivity contribution in [3.8, 4) is 0 Å². The minimum atomic E-state index is -0.615. The molecule has 0 spiro atoms. The third kappa shape index (κ3) is 1.14. The molecule has 0 fully saturated rings. The maximum atomic E-state index is 11.3. The van der Waals surface area contributed by atoms with E-state index >= 15 is 0 Å². The van der Waals surface area contributed by atoms with Gasteiger partial charge in [0.1, 0.15) is 5.65 Å². The Hall–Kier alpha value is -1.91. The summed E-state index contributed by atoms with van der Waals surface area (Å²) in [7, 11) is 0. The Bertz CT molecular complexity index is 567. The van der Waals surface area contributed by atoms with Crippen LogP contribution in [0.1, 0.15) is 5.69 Å². The SMILES string of the molecule is Cc1cccc2nc(=O)[nH]c(=O)n12. The molecule has 0 atom stereocenters. The first-order chi connectivity index (χ1) is 6.18. The summed E-state index contributed by atoms with van der Waals surface area (Å²) in [6, 6.07) is 5.13. The Morgan fingerprint density at radius 1 is 1.38 bits per heavy atom. The molecule has 5 nitrogen and oxygen atoms in total. The van der Waals surface area contributed by atoms with Crippen LogP contribution in [0.25, 0.3) is 5.65 Å². The van der Waals surface area contributed by atoms with Crippen molar-refractivity contribution >= 4 is 5.65 Å². The van der Waals surface area contributed by atoms with Gasteiger partial charge in [-0.15, -0.1) is 0 Å². The number of aryl methyl sites for hydroxylation is 1. The normalized spacial score (nSPS) is 10.5. The van der Waals surface area contributed by atoms with Gasteiger partial charge in [-0.25, -0.2) is 9.59 Å². The van der Waals surface area contributed by atoms with E-state index in [2.05, 4.69) is 9.97 Å². The molecule has 0 radical (unpaired) electrons. The second kappa shape index (κ2) is 2.55. The third-order valence-electron chi connectivity index (χ3n) is 1.80. The van der Waals surface area contributed by atoms with Crippen molar-refractivity contribution in [2.24, 2.45) is 0 Å². The molecule has 13 heavy (non-hydrogen) atoms. The number of aromatic nitrogens is 3. The van der Waals surface area contributed by atoms with Crippen molar-refractivity contribution in [2.75, 3.05) is 0 Å². The molecular formula is C8H7N3O2. The highest BCUT2D eigenvalue weighted by Crippen LogP contribution is 1.97. The molecule has 0 saturated carbocycles. The van der Waals surface area contributed by atoms with Crippen LogP contribution in [0.15, 0.2) is 27.8 Å². The lowest BCUT2D eigenvalue weighted by Gasteiger charge is -2.00. The molecule has 66 valence electrons. The van der Waals surface area contributed by atoms with Gasteiger partial charge in [0.15, 0.2) is 0 Å². The number of hydrogen-bond donors (Lipinski definition) is 1. The van der Waals surface area contributed by atoms with Gasteiger partial charge in [-0.2, -0.15) is 4.98 Å². The van der Waals surface area contributed by atoms with Gasteiger partial charge < -0.3 is 0 Å². The number of hydrogen-bond acceptors (Lipinski definition) is 3. The number of fused-ring (bicyclic) bond motifs is 1. The van der Waals surface area contributed by atoms with E-state index in [0.29, 0.717) is 5.65 Å². The molecule has 0 aliphatic rings. The van der Waals surface area contributed by atoms with Crippen LogP contribution < -0.4 is 11.4 Å². The zero-order valence-corrected chi connectivity index (χ0v) is 6.94. The van der Waals surface area contributed by atoms with Gasteiger partial charge in [0.05, 0.1) is 0 Å². The lowest BCUT2D eigenvalue weighted by molar-refractivity contribution is 0.878. The topological polar surface area (TPSA) is 67.2 Å². The predicted molar refractivity (Wildman–Crippen MR) is 46.8 cm³/mol. The maximum Gasteiger partial charge on any atom is 0.351 e. The van der Waals surface area contributed by atoms with E-state index in [1.807, 2.05) is 0 Å². The van der Waals surface area contributed by atoms with Crippen LogP contribution >= 0.6 is 0 Å². The number of H-pyrrole nitrogens is 1. The molecule has 0 bridgehead atoms. The Morgan fingerprint density at radius 3 is 2.92 bits per heavy atom. The monoisotopic (exact) mass is 177 g/mol. The largest absolute Gasteiger partial charge is 0.351 e. The molecule has 0 saturated heterocycles. The summed E-state index contributed by atoms with van der Waals surface area (Å²) in [5.74, 6) is 0. The van der Waals surface area contributed by atoms with Crippen LogP contribution in [0, 0.1) is 6.92 Å². The fourth-order valence-corrected chi connectivity index (χ4v) is 1.23. The Balaban J connectivity index is 3.12. The Kier molecular flexibility index (Phi) is 1.51. The van der Waals surface area contributed by atoms with Gasteiger partial charge in [-0.05, 0) is 19.1 Å². The summed E-state index contributed by atoms with van der Waals surface area (Å²) in [6.45, 7) is 1.77. The molecular weight excluding hydrogens is 170 g/mol. The standard InChI is InChI=1S/C8H7N3O2/c1-5-3-2-4-6-9-7(12)10-8(13)11(5)6/h2-4H,1H3,(H,10,12,13). The molecule has 2 heterocycles. The van der Waals surface area contributed by atoms with Crippen LogP contribution in [0.4, 0.5) is 0 Å². The minimum absolute atomic E-state index is 0.369. The van der Waals surface area contributed by atoms with Gasteiger partial charge in [0, 0.05) is 5.69 Å². The highest BCUT2D eigenvalue weighted by molar-refractivity contribution is 5.37. The van der Waals surface area contributed by atoms with E-state index in [4.69, 9.17) is 0 Å². The Morgan fingerprint density at radius 2 is 2.15 bits per heavy atom. The van der Waals surface area contributed by atoms with Gasteiger partial charge in [0.25, 0.3) is 0 Å². The number of nitrogens with one attached hydrogen (secondary N) is 1. The van der Waals surface area contributed by atoms with Crippen LogP contribution in [0.2, 0.25) is 0 Å². The minimum Gasteiger partial charge on any atom is -0.257 e. The molecule has 2 aromatic heterocycles. The molecule has 0 amide bonds. The third-order valence-corrected chi connectivity index (χ3v) is 1.80. The Labute approximate surface area is 72.7 Å². The molecule has 0 unspecified atom stereocenters. The number of rotatable bonds is 0. The zero-order valence-electron chi connectivity index (χ0n) is 6.94. The number of pyridine rings is 1. The van der Waals surface area contributed by atoms with E-state index in [0.717, 1.165) is 5.69 Å². The van der Waals surface area contributed by atoms with Crippen LogP contribution in [-0.2, 0) is 0 Å². The van der Waals surface area contributed by atoms with Crippen molar-refractivity contribution in [1.29, 1.82) is 0 Å². The summed E-state index contributed by atoms with van der Waals surface area (Å²) >= 11 is 0. The smallest absolute Gasteiger partial charge is 0.257 e. The predicted octanol–water partition coefficient (Wildman–Crippen LogP) is -0.309. The molecule has 0 aromatic carbocycles. The van der Waals surface area contributed by atoms with Crippen molar-refractivity contribution in [2.45, 2.75) is 6.92 Å². The average molecular weight is 177 g/mol. The molecule has 0 aliphatic carbocycles. The first kappa shape index (κ1) is 7.72. The molecule has 2 rings (SSSR count). The van der Waals surface area contributed by atoms with Gasteiger partial charge in [0.2, 0.25) is 0 Å². The first-order valence-corrected chi connectivity index (χ1v) is 3.77. The van der Waals surface area contributed by atoms with Crippen molar-refractivity contribution < 1.29 is 0 Å². The van der Waals surface area contributed by atoms with E-state index < -0.39 is 11.4 Å². The summed E-state index contributed by atoms with van der Waals surface area (Å²) < 4.78 is 1.35. The molecule has 0 aliphatic heterocycles. The van der Waals surface area contributed by atoms with Gasteiger partial charge in [-0.1, -0.05) is 6.07 Å². The average Bonchev–Trinajstić information content (AvgIpc) is 2.02. The summed E-state index contributed by atoms with van der Waals surface area (Å²) in [5, 5.41) is 0. The maximum absolute atomic E-state index is 11.3. The molecule has 2 aromatic rings. The van der Waals surface area contributed by atoms with Crippen LogP contribution in [-0.4, -0.2) is 14.4 Å².